The third-order valence-electron chi connectivity index (χ3n) is 4.13. The van der Waals surface area contributed by atoms with Crippen LogP contribution in [-0.2, 0) is 11.3 Å². The van der Waals surface area contributed by atoms with E-state index in [-0.39, 0.29) is 10.6 Å². The van der Waals surface area contributed by atoms with Crippen LogP contribution >= 0.6 is 23.2 Å². The minimum absolute atomic E-state index is 0.0548. The summed E-state index contributed by atoms with van der Waals surface area (Å²) >= 11 is 12.1. The zero-order valence-electron chi connectivity index (χ0n) is 15.3. The second-order valence-corrected chi connectivity index (χ2v) is 6.94. The van der Waals surface area contributed by atoms with Crippen LogP contribution in [0.2, 0.25) is 10.0 Å². The summed E-state index contributed by atoms with van der Waals surface area (Å²) in [6, 6.07) is 26.2. The van der Waals surface area contributed by atoms with Crippen molar-refractivity contribution < 1.29 is 4.79 Å². The molecule has 0 bridgehead atoms. The van der Waals surface area contributed by atoms with Crippen LogP contribution in [0.5, 0.6) is 0 Å². The highest BCUT2D eigenvalue weighted by molar-refractivity contribution is 6.44. The minimum Gasteiger partial charge on any atom is -0.342 e. The molecule has 0 fully saturated rings. The van der Waals surface area contributed by atoms with Crippen molar-refractivity contribution in [1.82, 2.24) is 0 Å². The Morgan fingerprint density at radius 3 is 2.28 bits per heavy atom. The lowest BCUT2D eigenvalue weighted by atomic mass is 10.2. The average Bonchev–Trinajstić information content (AvgIpc) is 2.75. The first-order chi connectivity index (χ1) is 14.1. The third-order valence-corrected chi connectivity index (χ3v) is 4.95. The van der Waals surface area contributed by atoms with Gasteiger partial charge in [0.15, 0.2) is 0 Å². The summed E-state index contributed by atoms with van der Waals surface area (Å²) in [5, 5.41) is 12.8. The van der Waals surface area contributed by atoms with Crippen LogP contribution in [0.1, 0.15) is 5.56 Å². The predicted molar refractivity (Wildman–Crippen MR) is 118 cm³/mol. The Labute approximate surface area is 179 Å². The molecular formula is C23H17Cl2N3O. The van der Waals surface area contributed by atoms with Gasteiger partial charge >= 0.3 is 0 Å². The largest absolute Gasteiger partial charge is 0.342 e. The van der Waals surface area contributed by atoms with E-state index >= 15 is 0 Å². The van der Waals surface area contributed by atoms with Gasteiger partial charge in [0.05, 0.1) is 15.7 Å². The normalized spacial score (nSPS) is 10.9. The fourth-order valence-electron chi connectivity index (χ4n) is 2.70. The summed E-state index contributed by atoms with van der Waals surface area (Å²) in [6.45, 7) is 0.501. The molecule has 29 heavy (non-hydrogen) atoms. The van der Waals surface area contributed by atoms with Gasteiger partial charge in [-0.15, -0.1) is 0 Å². The zero-order chi connectivity index (χ0) is 20.6. The van der Waals surface area contributed by atoms with Gasteiger partial charge in [0.25, 0.3) is 5.91 Å². The Balaban J connectivity index is 1.90. The van der Waals surface area contributed by atoms with Crippen LogP contribution in [0.3, 0.4) is 0 Å². The number of benzene rings is 3. The quantitative estimate of drug-likeness (QED) is 0.389. The molecule has 0 heterocycles. The molecule has 0 aliphatic carbocycles. The van der Waals surface area contributed by atoms with Gasteiger partial charge in [-0.2, -0.15) is 5.26 Å². The zero-order valence-corrected chi connectivity index (χ0v) is 16.9. The highest BCUT2D eigenvalue weighted by atomic mass is 35.5. The van der Waals surface area contributed by atoms with Crippen molar-refractivity contribution in [2.24, 2.45) is 0 Å². The van der Waals surface area contributed by atoms with E-state index in [1.807, 2.05) is 71.6 Å². The van der Waals surface area contributed by atoms with Gasteiger partial charge < -0.3 is 10.2 Å². The molecule has 4 nitrogen and oxygen atoms in total. The van der Waals surface area contributed by atoms with Crippen molar-refractivity contribution >= 4 is 40.5 Å². The second kappa shape index (κ2) is 9.79. The summed E-state index contributed by atoms with van der Waals surface area (Å²) in [5.74, 6) is -0.564. The number of carbonyl (C=O) groups excluding carboxylic acids is 1. The molecule has 3 aromatic rings. The third kappa shape index (κ3) is 5.39. The Kier molecular flexibility index (Phi) is 6.91. The minimum atomic E-state index is -0.564. The van der Waals surface area contributed by atoms with E-state index in [1.54, 1.807) is 18.2 Å². The number of halogens is 2. The van der Waals surface area contributed by atoms with Crippen LogP contribution < -0.4 is 10.2 Å². The summed E-state index contributed by atoms with van der Waals surface area (Å²) in [5.41, 5.74) is 2.20. The van der Waals surface area contributed by atoms with Crippen molar-refractivity contribution in [3.8, 4) is 6.07 Å². The van der Waals surface area contributed by atoms with Crippen molar-refractivity contribution in [2.45, 2.75) is 6.54 Å². The molecule has 0 saturated heterocycles. The maximum atomic E-state index is 12.7. The smallest absolute Gasteiger partial charge is 0.267 e. The van der Waals surface area contributed by atoms with Gasteiger partial charge in [-0.25, -0.2) is 0 Å². The van der Waals surface area contributed by atoms with Crippen LogP contribution in [0.25, 0.3) is 0 Å². The number of hydrogen-bond acceptors (Lipinski definition) is 3. The molecule has 3 aromatic carbocycles. The van der Waals surface area contributed by atoms with Crippen LogP contribution in [0.4, 0.5) is 11.4 Å². The fraction of sp³-hybridized carbons (Fsp3) is 0.0435. The molecule has 0 spiro atoms. The van der Waals surface area contributed by atoms with E-state index in [4.69, 9.17) is 23.2 Å². The molecule has 0 atom stereocenters. The monoisotopic (exact) mass is 421 g/mol. The van der Waals surface area contributed by atoms with E-state index < -0.39 is 5.91 Å². The van der Waals surface area contributed by atoms with E-state index in [2.05, 4.69) is 5.32 Å². The molecule has 1 amide bonds. The number of nitrogens with zero attached hydrogens (tertiary/aromatic N) is 2. The molecule has 0 radical (unpaired) electrons. The summed E-state index contributed by atoms with van der Waals surface area (Å²) in [7, 11) is 0. The lowest BCUT2D eigenvalue weighted by molar-refractivity contribution is -0.112. The first kappa shape index (κ1) is 20.5. The fourth-order valence-corrected chi connectivity index (χ4v) is 3.04. The highest BCUT2D eigenvalue weighted by Gasteiger charge is 2.15. The molecule has 0 aliphatic rings. The Bertz CT molecular complexity index is 1060. The topological polar surface area (TPSA) is 56.1 Å². The molecule has 0 aliphatic heterocycles. The standard InChI is InChI=1S/C23H17Cl2N3O/c24-20-12-7-13-21(22(20)25)27-23(29)18(14-26)16-28(19-10-5-2-6-11-19)15-17-8-3-1-4-9-17/h1-13,16H,15H2,(H,27,29)/b18-16-. The molecule has 0 aromatic heterocycles. The van der Waals surface area contributed by atoms with Crippen molar-refractivity contribution in [3.05, 3.63) is 106 Å². The molecule has 1 N–H and O–H groups in total. The van der Waals surface area contributed by atoms with Crippen LogP contribution in [-0.4, -0.2) is 5.91 Å². The number of para-hydroxylation sites is 1. The summed E-state index contributed by atoms with van der Waals surface area (Å²) in [6.07, 6.45) is 1.54. The van der Waals surface area contributed by atoms with Gasteiger partial charge in [0.2, 0.25) is 0 Å². The second-order valence-electron chi connectivity index (χ2n) is 6.16. The van der Waals surface area contributed by atoms with Crippen molar-refractivity contribution in [3.63, 3.8) is 0 Å². The number of nitrogens with one attached hydrogen (secondary N) is 1. The Hall–Kier alpha value is -3.26. The van der Waals surface area contributed by atoms with Crippen molar-refractivity contribution in [2.75, 3.05) is 10.2 Å². The van der Waals surface area contributed by atoms with E-state index in [0.717, 1.165) is 11.3 Å². The van der Waals surface area contributed by atoms with E-state index in [1.165, 1.54) is 6.20 Å². The average molecular weight is 422 g/mol. The molecule has 0 unspecified atom stereocenters. The Morgan fingerprint density at radius 1 is 0.966 bits per heavy atom. The maximum absolute atomic E-state index is 12.7. The van der Waals surface area contributed by atoms with Gasteiger partial charge in [-0.05, 0) is 29.8 Å². The number of hydrogen-bond donors (Lipinski definition) is 1. The summed E-state index contributed by atoms with van der Waals surface area (Å²) < 4.78 is 0. The first-order valence-electron chi connectivity index (χ1n) is 8.81. The van der Waals surface area contributed by atoms with Gasteiger partial charge in [0, 0.05) is 18.4 Å². The Morgan fingerprint density at radius 2 is 1.62 bits per heavy atom. The first-order valence-corrected chi connectivity index (χ1v) is 9.57. The molecule has 6 heteroatoms. The van der Waals surface area contributed by atoms with Crippen LogP contribution in [0, 0.1) is 11.3 Å². The molecule has 0 saturated carbocycles. The lowest BCUT2D eigenvalue weighted by Crippen LogP contribution is -2.21. The van der Waals surface area contributed by atoms with Gasteiger partial charge in [-0.1, -0.05) is 77.8 Å². The summed E-state index contributed by atoms with van der Waals surface area (Å²) in [4.78, 5) is 14.6. The maximum Gasteiger partial charge on any atom is 0.267 e. The van der Waals surface area contributed by atoms with Gasteiger partial charge in [0.1, 0.15) is 11.6 Å². The number of rotatable bonds is 6. The molecular weight excluding hydrogens is 405 g/mol. The number of amides is 1. The number of nitriles is 1. The van der Waals surface area contributed by atoms with Gasteiger partial charge in [-0.3, -0.25) is 4.79 Å². The van der Waals surface area contributed by atoms with Crippen LogP contribution in [0.15, 0.2) is 90.6 Å². The predicted octanol–water partition coefficient (Wildman–Crippen LogP) is 6.05. The number of carbonyl (C=O) groups is 1. The van der Waals surface area contributed by atoms with E-state index in [0.29, 0.717) is 17.3 Å². The number of anilines is 2. The highest BCUT2D eigenvalue weighted by Crippen LogP contribution is 2.30. The lowest BCUT2D eigenvalue weighted by Gasteiger charge is -2.21. The van der Waals surface area contributed by atoms with Crippen molar-refractivity contribution in [1.29, 1.82) is 5.26 Å². The molecule has 144 valence electrons. The molecule has 3 rings (SSSR count). The SMILES string of the molecule is N#C/C(=C/N(Cc1ccccc1)c1ccccc1)C(=O)Nc1cccc(Cl)c1Cl. The van der Waals surface area contributed by atoms with E-state index in [9.17, 15) is 10.1 Å².